The highest BCUT2D eigenvalue weighted by Crippen LogP contribution is 2.35. The van der Waals surface area contributed by atoms with Gasteiger partial charge in [0, 0.05) is 17.2 Å². The Hall–Kier alpha value is -3.04. The summed E-state index contributed by atoms with van der Waals surface area (Å²) in [7, 11) is 0. The Kier molecular flexibility index (Phi) is 6.33. The molecule has 2 heterocycles. The molecular weight excluding hydrogens is 434 g/mol. The van der Waals surface area contributed by atoms with E-state index < -0.39 is 29.1 Å². The third kappa shape index (κ3) is 4.27. The number of benzene rings is 1. The molecular formula is C20H15ClNO7S-. The quantitative estimate of drug-likeness (QED) is 0.489. The Morgan fingerprint density at radius 1 is 1.30 bits per heavy atom. The lowest BCUT2D eigenvalue weighted by Gasteiger charge is -2.19. The van der Waals surface area contributed by atoms with Crippen molar-refractivity contribution >= 4 is 52.5 Å². The zero-order valence-electron chi connectivity index (χ0n) is 15.8. The fourth-order valence-electron chi connectivity index (χ4n) is 2.73. The number of halogens is 1. The molecule has 0 bridgehead atoms. The van der Waals surface area contributed by atoms with E-state index in [1.54, 1.807) is 19.1 Å². The number of ether oxygens (including phenoxy) is 1. The zero-order chi connectivity index (χ0) is 22.0. The number of nitrogens with zero attached hydrogens (tertiary/aromatic N) is 1. The van der Waals surface area contributed by atoms with Crippen molar-refractivity contribution in [3.63, 3.8) is 0 Å². The summed E-state index contributed by atoms with van der Waals surface area (Å²) in [5, 5.41) is 10.4. The van der Waals surface area contributed by atoms with Crippen LogP contribution in [0.1, 0.15) is 30.0 Å². The molecule has 2 aromatic rings. The van der Waals surface area contributed by atoms with Crippen LogP contribution < -0.4 is 5.11 Å². The number of hydrogen-bond donors (Lipinski definition) is 0. The van der Waals surface area contributed by atoms with E-state index in [1.165, 1.54) is 31.2 Å². The van der Waals surface area contributed by atoms with E-state index in [9.17, 15) is 24.3 Å². The Balaban J connectivity index is 1.82. The molecule has 0 spiro atoms. The third-order valence-corrected chi connectivity index (χ3v) is 5.41. The maximum atomic E-state index is 12.6. The number of carbonyl (C=O) groups excluding carboxylic acids is 4. The summed E-state index contributed by atoms with van der Waals surface area (Å²) in [6.07, 6.45) is 1.39. The summed E-state index contributed by atoms with van der Waals surface area (Å²) in [6, 6.07) is 6.39. The average molecular weight is 449 g/mol. The lowest BCUT2D eigenvalue weighted by Crippen LogP contribution is -2.42. The molecule has 0 N–H and O–H groups in total. The fraction of sp³-hybridized carbons (Fsp3) is 0.200. The average Bonchev–Trinajstić information content (AvgIpc) is 3.26. The number of carbonyl (C=O) groups is 4. The third-order valence-electron chi connectivity index (χ3n) is 4.21. The number of thioether (sulfide) groups is 1. The molecule has 0 aliphatic carbocycles. The van der Waals surface area contributed by atoms with Gasteiger partial charge in [-0.3, -0.25) is 14.5 Å². The van der Waals surface area contributed by atoms with Crippen LogP contribution in [0.15, 0.2) is 39.7 Å². The van der Waals surface area contributed by atoms with Gasteiger partial charge in [0.1, 0.15) is 17.6 Å². The first kappa shape index (κ1) is 21.7. The number of hydrogen-bond acceptors (Lipinski definition) is 8. The zero-order valence-corrected chi connectivity index (χ0v) is 17.4. The standard InChI is InChI=1S/C20H16ClNO7S/c1-3-28-19(26)10(2)22-17(23)16(30-20(22)27)9-12-5-7-15(29-12)11-4-6-13(18(24)25)14(21)8-11/h4-10H,3H2,1-2H3,(H,24,25)/p-1/b16-9+/t10-/m1/s1. The van der Waals surface area contributed by atoms with Crippen LogP contribution in [0, 0.1) is 0 Å². The smallest absolute Gasteiger partial charge is 0.329 e. The number of amides is 2. The van der Waals surface area contributed by atoms with E-state index in [-0.39, 0.29) is 22.1 Å². The lowest BCUT2D eigenvalue weighted by molar-refractivity contribution is -0.255. The van der Waals surface area contributed by atoms with Crippen LogP contribution in [0.3, 0.4) is 0 Å². The first-order chi connectivity index (χ1) is 14.2. The number of rotatable bonds is 6. The first-order valence-electron chi connectivity index (χ1n) is 8.77. The number of carboxylic acids is 1. The Labute approximate surface area is 180 Å². The van der Waals surface area contributed by atoms with Gasteiger partial charge < -0.3 is 19.1 Å². The van der Waals surface area contributed by atoms with Crippen LogP contribution in [0.5, 0.6) is 0 Å². The molecule has 2 amide bonds. The Bertz CT molecular complexity index is 1070. The number of imide groups is 1. The molecule has 1 saturated heterocycles. The van der Waals surface area contributed by atoms with Crippen LogP contribution in [-0.4, -0.2) is 40.6 Å². The maximum absolute atomic E-state index is 12.6. The summed E-state index contributed by atoms with van der Waals surface area (Å²) < 4.78 is 10.5. The Morgan fingerprint density at radius 2 is 2.03 bits per heavy atom. The summed E-state index contributed by atoms with van der Waals surface area (Å²) in [5.74, 6) is -2.01. The molecule has 8 nitrogen and oxygen atoms in total. The first-order valence-corrected chi connectivity index (χ1v) is 9.97. The largest absolute Gasteiger partial charge is 0.545 e. The number of carboxylic acid groups (broad SMARTS) is 1. The highest BCUT2D eigenvalue weighted by atomic mass is 35.5. The van der Waals surface area contributed by atoms with Gasteiger partial charge in [-0.15, -0.1) is 0 Å². The highest BCUT2D eigenvalue weighted by Gasteiger charge is 2.41. The summed E-state index contributed by atoms with van der Waals surface area (Å²) in [4.78, 5) is 48.6. The van der Waals surface area contributed by atoms with E-state index in [0.717, 1.165) is 4.90 Å². The van der Waals surface area contributed by atoms with Crippen molar-refractivity contribution in [1.29, 1.82) is 0 Å². The van der Waals surface area contributed by atoms with Gasteiger partial charge in [0.25, 0.3) is 11.1 Å². The van der Waals surface area contributed by atoms with E-state index in [4.69, 9.17) is 20.8 Å². The van der Waals surface area contributed by atoms with Crippen molar-refractivity contribution in [2.75, 3.05) is 6.61 Å². The molecule has 0 radical (unpaired) electrons. The molecule has 1 atom stereocenters. The summed E-state index contributed by atoms with van der Waals surface area (Å²) >= 11 is 6.63. The van der Waals surface area contributed by atoms with E-state index >= 15 is 0 Å². The minimum absolute atomic E-state index is 0.000442. The van der Waals surface area contributed by atoms with Crippen LogP contribution in [0.4, 0.5) is 4.79 Å². The van der Waals surface area contributed by atoms with Gasteiger partial charge in [-0.25, -0.2) is 4.79 Å². The molecule has 1 fully saturated rings. The van der Waals surface area contributed by atoms with Crippen molar-refractivity contribution < 1.29 is 33.4 Å². The molecule has 1 aromatic heterocycles. The highest BCUT2D eigenvalue weighted by molar-refractivity contribution is 8.18. The summed E-state index contributed by atoms with van der Waals surface area (Å²) in [6.45, 7) is 3.19. The van der Waals surface area contributed by atoms with Crippen molar-refractivity contribution in [2.24, 2.45) is 0 Å². The van der Waals surface area contributed by atoms with Crippen LogP contribution in [0.2, 0.25) is 5.02 Å². The molecule has 156 valence electrons. The molecule has 3 rings (SSSR count). The van der Waals surface area contributed by atoms with Gasteiger partial charge in [-0.05, 0) is 43.8 Å². The molecule has 1 aromatic carbocycles. The lowest BCUT2D eigenvalue weighted by atomic mass is 10.1. The van der Waals surface area contributed by atoms with Gasteiger partial charge in [0.2, 0.25) is 0 Å². The minimum Gasteiger partial charge on any atom is -0.545 e. The topological polar surface area (TPSA) is 117 Å². The minimum atomic E-state index is -1.39. The molecule has 0 unspecified atom stereocenters. The number of aromatic carboxylic acids is 1. The second kappa shape index (κ2) is 8.76. The molecule has 1 aliphatic rings. The number of esters is 1. The molecule has 30 heavy (non-hydrogen) atoms. The van der Waals surface area contributed by atoms with Crippen LogP contribution in [0.25, 0.3) is 17.4 Å². The van der Waals surface area contributed by atoms with Gasteiger partial charge in [-0.2, -0.15) is 0 Å². The number of furan rings is 1. The van der Waals surface area contributed by atoms with Crippen LogP contribution >= 0.6 is 23.4 Å². The Morgan fingerprint density at radius 3 is 2.67 bits per heavy atom. The SMILES string of the molecule is CCOC(=O)[C@@H](C)N1C(=O)S/C(=C/c2ccc(-c3ccc(C(=O)[O-])c(Cl)c3)o2)C1=O. The second-order valence-electron chi connectivity index (χ2n) is 6.16. The molecule has 0 saturated carbocycles. The molecule has 1 aliphatic heterocycles. The van der Waals surface area contributed by atoms with Gasteiger partial charge in [0.15, 0.2) is 0 Å². The van der Waals surface area contributed by atoms with Crippen molar-refractivity contribution in [2.45, 2.75) is 19.9 Å². The van der Waals surface area contributed by atoms with Gasteiger partial charge >= 0.3 is 5.97 Å². The fourth-order valence-corrected chi connectivity index (χ4v) is 3.88. The predicted molar refractivity (Wildman–Crippen MR) is 107 cm³/mol. The molecule has 10 heteroatoms. The maximum Gasteiger partial charge on any atom is 0.329 e. The van der Waals surface area contributed by atoms with Crippen molar-refractivity contribution in [3.8, 4) is 11.3 Å². The van der Waals surface area contributed by atoms with Gasteiger partial charge in [-0.1, -0.05) is 23.7 Å². The monoisotopic (exact) mass is 448 g/mol. The normalized spacial score (nSPS) is 16.2. The summed E-state index contributed by atoms with van der Waals surface area (Å²) in [5.41, 5.74) is 0.380. The van der Waals surface area contributed by atoms with Gasteiger partial charge in [0.05, 0.1) is 22.5 Å². The van der Waals surface area contributed by atoms with E-state index in [2.05, 4.69) is 0 Å². The van der Waals surface area contributed by atoms with Crippen molar-refractivity contribution in [1.82, 2.24) is 4.90 Å². The van der Waals surface area contributed by atoms with Crippen molar-refractivity contribution in [3.05, 3.63) is 51.6 Å². The van der Waals surface area contributed by atoms with E-state index in [1.807, 2.05) is 0 Å². The van der Waals surface area contributed by atoms with E-state index in [0.29, 0.717) is 28.8 Å². The predicted octanol–water partition coefficient (Wildman–Crippen LogP) is 2.95. The second-order valence-corrected chi connectivity index (χ2v) is 7.56. The van der Waals surface area contributed by atoms with Crippen LogP contribution in [-0.2, 0) is 14.3 Å².